The Balaban J connectivity index is 1.71. The van der Waals surface area contributed by atoms with Gasteiger partial charge in [0, 0.05) is 17.5 Å². The summed E-state index contributed by atoms with van der Waals surface area (Å²) < 4.78 is 14.4. The Bertz CT molecular complexity index is 1560. The van der Waals surface area contributed by atoms with E-state index in [1.165, 1.54) is 11.3 Å². The van der Waals surface area contributed by atoms with Gasteiger partial charge in [0.25, 0.3) is 5.91 Å². The second-order valence-electron chi connectivity index (χ2n) is 9.76. The number of nitrogens with zero attached hydrogens (tertiary/aromatic N) is 4. The third kappa shape index (κ3) is 4.95. The molecular weight excluding hydrogens is 490 g/mol. The minimum absolute atomic E-state index is 0.115. The van der Waals surface area contributed by atoms with Crippen LogP contribution in [0.5, 0.6) is 5.75 Å². The van der Waals surface area contributed by atoms with Gasteiger partial charge in [-0.2, -0.15) is 0 Å². The minimum atomic E-state index is -0.676. The topological polar surface area (TPSA) is 91.7 Å². The number of benzene rings is 1. The number of amides is 1. The number of nitrogens with one attached hydrogen (secondary N) is 1. The number of carbonyl (C=O) groups is 2. The van der Waals surface area contributed by atoms with Gasteiger partial charge in [-0.05, 0) is 70.7 Å². The summed E-state index contributed by atoms with van der Waals surface area (Å²) >= 11 is 1.51. The van der Waals surface area contributed by atoms with Crippen LogP contribution in [0.3, 0.4) is 0 Å². The first-order chi connectivity index (χ1) is 17.4. The molecule has 0 saturated carbocycles. The highest BCUT2D eigenvalue weighted by Gasteiger charge is 2.25. The number of imidazole rings is 1. The van der Waals surface area contributed by atoms with E-state index in [1.807, 2.05) is 31.4 Å². The van der Waals surface area contributed by atoms with Crippen LogP contribution < -0.4 is 10.1 Å². The number of methoxy groups -OCH3 is 1. The number of hydrogen-bond acceptors (Lipinski definition) is 6. The summed E-state index contributed by atoms with van der Waals surface area (Å²) in [7, 11) is 1.57. The van der Waals surface area contributed by atoms with Crippen LogP contribution in [-0.4, -0.2) is 33.1 Å². The summed E-state index contributed by atoms with van der Waals surface area (Å²) in [6, 6.07) is 8.98. The first kappa shape index (κ1) is 26.0. The van der Waals surface area contributed by atoms with Crippen LogP contribution in [0, 0.1) is 32.8 Å². The van der Waals surface area contributed by atoms with Crippen molar-refractivity contribution in [2.24, 2.45) is 5.41 Å². The molecule has 0 aliphatic carbocycles. The summed E-state index contributed by atoms with van der Waals surface area (Å²) in [4.78, 5) is 35.2. The normalized spacial score (nSPS) is 11.4. The van der Waals surface area contributed by atoms with Gasteiger partial charge in [-0.1, -0.05) is 0 Å². The standard InChI is InChI=1S/C27H29N5O4S/c1-15-11-19(17(3)32(15)24-21(28-7)12-16(2)37-24)23(33)30-26-29-20-13-18(35-8)9-10-22(20)31(26)14-36-25(34)27(4,5)6/h9-13H,14H2,1-6,8H3,(H,29,30,33). The summed E-state index contributed by atoms with van der Waals surface area (Å²) in [5, 5.41) is 3.68. The van der Waals surface area contributed by atoms with Crippen LogP contribution in [0.1, 0.15) is 47.4 Å². The lowest BCUT2D eigenvalue weighted by Gasteiger charge is -2.18. The van der Waals surface area contributed by atoms with E-state index < -0.39 is 5.41 Å². The Hall–Kier alpha value is -4.10. The Kier molecular flexibility index (Phi) is 6.84. The molecule has 1 aromatic carbocycles. The molecule has 0 atom stereocenters. The second-order valence-corrected chi connectivity index (χ2v) is 11.0. The van der Waals surface area contributed by atoms with Crippen LogP contribution in [0.15, 0.2) is 30.3 Å². The van der Waals surface area contributed by atoms with Crippen molar-refractivity contribution in [2.45, 2.75) is 48.3 Å². The van der Waals surface area contributed by atoms with Crippen LogP contribution in [0.4, 0.5) is 11.6 Å². The molecule has 0 spiro atoms. The predicted molar refractivity (Wildman–Crippen MR) is 144 cm³/mol. The number of aromatic nitrogens is 3. The largest absolute Gasteiger partial charge is 0.497 e. The Morgan fingerprint density at radius 1 is 1.16 bits per heavy atom. The molecule has 0 saturated heterocycles. The van der Waals surface area contributed by atoms with Gasteiger partial charge in [0.1, 0.15) is 10.8 Å². The number of rotatable bonds is 6. The first-order valence-corrected chi connectivity index (χ1v) is 12.5. The van der Waals surface area contributed by atoms with E-state index in [4.69, 9.17) is 16.0 Å². The van der Waals surface area contributed by atoms with Crippen LogP contribution in [-0.2, 0) is 16.3 Å². The molecule has 1 amide bonds. The summed E-state index contributed by atoms with van der Waals surface area (Å²) in [5.41, 5.74) is 3.15. The molecule has 0 unspecified atom stereocenters. The fourth-order valence-corrected chi connectivity index (χ4v) is 5.06. The fourth-order valence-electron chi connectivity index (χ4n) is 4.01. The number of ether oxygens (including phenoxy) is 2. The molecule has 192 valence electrons. The molecule has 37 heavy (non-hydrogen) atoms. The van der Waals surface area contributed by atoms with Crippen molar-refractivity contribution < 1.29 is 19.1 Å². The first-order valence-electron chi connectivity index (χ1n) is 11.6. The van der Waals surface area contributed by atoms with Crippen molar-refractivity contribution >= 4 is 45.9 Å². The number of fused-ring (bicyclic) bond motifs is 1. The average molecular weight is 520 g/mol. The molecule has 10 heteroatoms. The van der Waals surface area contributed by atoms with Gasteiger partial charge in [-0.15, -0.1) is 11.3 Å². The number of aryl methyl sites for hydroxylation is 2. The molecule has 1 N–H and O–H groups in total. The molecule has 4 aromatic rings. The Morgan fingerprint density at radius 3 is 2.54 bits per heavy atom. The average Bonchev–Trinajstić information content (AvgIpc) is 3.47. The second kappa shape index (κ2) is 9.75. The zero-order chi connectivity index (χ0) is 27.1. The number of carbonyl (C=O) groups excluding carboxylic acids is 2. The van der Waals surface area contributed by atoms with Crippen LogP contribution >= 0.6 is 11.3 Å². The smallest absolute Gasteiger partial charge is 0.312 e. The molecule has 0 aliphatic rings. The van der Waals surface area contributed by atoms with Crippen LogP contribution in [0.25, 0.3) is 20.9 Å². The maximum absolute atomic E-state index is 13.5. The summed E-state index contributed by atoms with van der Waals surface area (Å²) in [5.74, 6) is 0.133. The maximum atomic E-state index is 13.5. The number of hydrogen-bond donors (Lipinski definition) is 1. The fraction of sp³-hybridized carbons (Fsp3) is 0.333. The molecular formula is C27H29N5O4S. The molecule has 3 aromatic heterocycles. The van der Waals surface area contributed by atoms with Crippen molar-refractivity contribution in [2.75, 3.05) is 12.4 Å². The molecule has 0 radical (unpaired) electrons. The molecule has 0 bridgehead atoms. The van der Waals surface area contributed by atoms with E-state index in [1.54, 1.807) is 56.7 Å². The quantitative estimate of drug-likeness (QED) is 0.243. The van der Waals surface area contributed by atoms with E-state index in [-0.39, 0.29) is 24.6 Å². The van der Waals surface area contributed by atoms with Gasteiger partial charge in [-0.25, -0.2) is 9.83 Å². The third-order valence-electron chi connectivity index (χ3n) is 5.93. The van der Waals surface area contributed by atoms with Gasteiger partial charge in [0.05, 0.1) is 35.7 Å². The van der Waals surface area contributed by atoms with Gasteiger partial charge >= 0.3 is 5.97 Å². The lowest BCUT2D eigenvalue weighted by atomic mass is 9.98. The van der Waals surface area contributed by atoms with Gasteiger partial charge in [0.2, 0.25) is 11.6 Å². The van der Waals surface area contributed by atoms with Crippen molar-refractivity contribution in [3.05, 3.63) is 63.6 Å². The predicted octanol–water partition coefficient (Wildman–Crippen LogP) is 6.17. The number of esters is 1. The Morgan fingerprint density at radius 2 is 1.89 bits per heavy atom. The SMILES string of the molecule is [C-]#[N+]c1cc(C)sc1-n1c(C)cc(C(=O)Nc2nc3cc(OC)ccc3n2COC(=O)C(C)(C)C)c1C. The van der Waals surface area contributed by atoms with Crippen molar-refractivity contribution in [3.63, 3.8) is 0 Å². The van der Waals surface area contributed by atoms with E-state index in [2.05, 4.69) is 15.1 Å². The zero-order valence-electron chi connectivity index (χ0n) is 21.9. The lowest BCUT2D eigenvalue weighted by molar-refractivity contribution is -0.156. The molecule has 3 heterocycles. The Labute approximate surface area is 219 Å². The number of thiophene rings is 1. The zero-order valence-corrected chi connectivity index (χ0v) is 22.7. The van der Waals surface area contributed by atoms with Crippen molar-refractivity contribution in [1.82, 2.24) is 14.1 Å². The molecule has 0 aliphatic heterocycles. The molecule has 4 rings (SSSR count). The van der Waals surface area contributed by atoms with E-state index >= 15 is 0 Å². The monoisotopic (exact) mass is 519 g/mol. The van der Waals surface area contributed by atoms with Gasteiger partial charge < -0.3 is 14.0 Å². The molecule has 9 nitrogen and oxygen atoms in total. The highest BCUT2D eigenvalue weighted by molar-refractivity contribution is 7.15. The summed E-state index contributed by atoms with van der Waals surface area (Å²) in [6.07, 6.45) is 0. The summed E-state index contributed by atoms with van der Waals surface area (Å²) in [6.45, 7) is 18.4. The van der Waals surface area contributed by atoms with E-state index in [0.29, 0.717) is 33.7 Å². The highest BCUT2D eigenvalue weighted by Crippen LogP contribution is 2.36. The van der Waals surface area contributed by atoms with Crippen molar-refractivity contribution in [1.29, 1.82) is 0 Å². The maximum Gasteiger partial charge on any atom is 0.312 e. The lowest BCUT2D eigenvalue weighted by Crippen LogP contribution is -2.25. The van der Waals surface area contributed by atoms with E-state index in [0.717, 1.165) is 15.6 Å². The highest BCUT2D eigenvalue weighted by atomic mass is 32.1. The van der Waals surface area contributed by atoms with Gasteiger partial charge in [-0.3, -0.25) is 19.5 Å². The van der Waals surface area contributed by atoms with Crippen molar-refractivity contribution in [3.8, 4) is 10.8 Å². The van der Waals surface area contributed by atoms with Gasteiger partial charge in [0.15, 0.2) is 6.73 Å². The number of anilines is 1. The minimum Gasteiger partial charge on any atom is -0.497 e. The van der Waals surface area contributed by atoms with E-state index in [9.17, 15) is 9.59 Å². The third-order valence-corrected chi connectivity index (χ3v) is 6.96. The van der Waals surface area contributed by atoms with Crippen LogP contribution in [0.2, 0.25) is 0 Å². The molecule has 0 fully saturated rings.